The average molecular weight is 485 g/mol. The second-order valence-electron chi connectivity index (χ2n) is 9.02. The van der Waals surface area contributed by atoms with E-state index in [1.54, 1.807) is 7.11 Å². The van der Waals surface area contributed by atoms with Crippen LogP contribution in [0.25, 0.3) is 21.8 Å². The molecule has 4 nitrogen and oxygen atoms in total. The minimum absolute atomic E-state index is 0.119. The Balaban J connectivity index is 1.45. The third-order valence-electron chi connectivity index (χ3n) is 6.64. The second-order valence-corrected chi connectivity index (χ2v) is 9.40. The highest BCUT2D eigenvalue weighted by Crippen LogP contribution is 2.31. The Morgan fingerprint density at radius 1 is 0.886 bits per heavy atom. The number of hydrogen-bond acceptors (Lipinski definition) is 3. The molecule has 0 radical (unpaired) electrons. The van der Waals surface area contributed by atoms with Gasteiger partial charge in [0.05, 0.1) is 24.7 Å². The van der Waals surface area contributed by atoms with E-state index in [0.717, 1.165) is 49.9 Å². The van der Waals surface area contributed by atoms with E-state index in [1.807, 2.05) is 38.1 Å². The van der Waals surface area contributed by atoms with Gasteiger partial charge in [-0.1, -0.05) is 54.9 Å². The zero-order valence-corrected chi connectivity index (χ0v) is 21.3. The minimum atomic E-state index is 0.119. The summed E-state index contributed by atoms with van der Waals surface area (Å²) in [5.74, 6) is 2.86. The number of ether oxygens (including phenoxy) is 2. The van der Waals surface area contributed by atoms with E-state index < -0.39 is 0 Å². The SMILES string of the molecule is COc1ccc2cc(C(C)c3nc4ccccc4n3CCOc3cc(C)c(Cl)c(C)c3)ccc2c1. The summed E-state index contributed by atoms with van der Waals surface area (Å²) < 4.78 is 13.8. The lowest BCUT2D eigenvalue weighted by atomic mass is 9.97. The molecule has 0 aliphatic carbocycles. The first-order chi connectivity index (χ1) is 16.9. The number of fused-ring (bicyclic) bond motifs is 2. The van der Waals surface area contributed by atoms with Gasteiger partial charge in [-0.2, -0.15) is 0 Å². The average Bonchev–Trinajstić information content (AvgIpc) is 3.24. The highest BCUT2D eigenvalue weighted by Gasteiger charge is 2.19. The molecule has 1 atom stereocenters. The van der Waals surface area contributed by atoms with Crippen molar-refractivity contribution in [1.29, 1.82) is 0 Å². The van der Waals surface area contributed by atoms with Crippen LogP contribution < -0.4 is 9.47 Å². The van der Waals surface area contributed by atoms with Crippen molar-refractivity contribution >= 4 is 33.4 Å². The van der Waals surface area contributed by atoms with E-state index >= 15 is 0 Å². The number of methoxy groups -OCH3 is 1. The summed E-state index contributed by atoms with van der Waals surface area (Å²) in [6.07, 6.45) is 0. The second kappa shape index (κ2) is 9.63. The zero-order valence-electron chi connectivity index (χ0n) is 20.5. The summed E-state index contributed by atoms with van der Waals surface area (Å²) >= 11 is 6.32. The van der Waals surface area contributed by atoms with Crippen LogP contribution in [0.2, 0.25) is 5.02 Å². The van der Waals surface area contributed by atoms with Crippen molar-refractivity contribution in [3.8, 4) is 11.5 Å². The minimum Gasteiger partial charge on any atom is -0.497 e. The Morgan fingerprint density at radius 2 is 1.60 bits per heavy atom. The third-order valence-corrected chi connectivity index (χ3v) is 7.23. The number of aryl methyl sites for hydroxylation is 2. The lowest BCUT2D eigenvalue weighted by Gasteiger charge is -2.17. The first-order valence-corrected chi connectivity index (χ1v) is 12.2. The third kappa shape index (κ3) is 4.59. The molecule has 0 aliphatic rings. The summed E-state index contributed by atoms with van der Waals surface area (Å²) in [5.41, 5.74) is 5.39. The molecule has 1 aromatic heterocycles. The van der Waals surface area contributed by atoms with Gasteiger partial charge >= 0.3 is 0 Å². The van der Waals surface area contributed by atoms with Crippen LogP contribution in [-0.2, 0) is 6.54 Å². The Morgan fingerprint density at radius 3 is 2.37 bits per heavy atom. The molecule has 5 rings (SSSR count). The summed E-state index contributed by atoms with van der Waals surface area (Å²) in [5, 5.41) is 3.15. The fourth-order valence-corrected chi connectivity index (χ4v) is 4.80. The lowest BCUT2D eigenvalue weighted by molar-refractivity contribution is 0.297. The quantitative estimate of drug-likeness (QED) is 0.237. The molecule has 0 N–H and O–H groups in total. The summed E-state index contributed by atoms with van der Waals surface area (Å²) in [6, 6.07) is 25.1. The van der Waals surface area contributed by atoms with Gasteiger partial charge in [-0.15, -0.1) is 0 Å². The maximum Gasteiger partial charge on any atom is 0.120 e. The number of benzene rings is 4. The Hall–Kier alpha value is -3.50. The molecule has 4 aromatic carbocycles. The topological polar surface area (TPSA) is 36.3 Å². The van der Waals surface area contributed by atoms with Crippen molar-refractivity contribution in [3.05, 3.63) is 100 Å². The fourth-order valence-electron chi connectivity index (χ4n) is 4.69. The molecule has 0 fully saturated rings. The van der Waals surface area contributed by atoms with Gasteiger partial charge in [-0.3, -0.25) is 0 Å². The fraction of sp³-hybridized carbons (Fsp3) is 0.233. The number of imidazole rings is 1. The molecule has 0 saturated carbocycles. The highest BCUT2D eigenvalue weighted by atomic mass is 35.5. The van der Waals surface area contributed by atoms with Crippen LogP contribution in [0.4, 0.5) is 0 Å². The van der Waals surface area contributed by atoms with Gasteiger partial charge in [0, 0.05) is 10.9 Å². The Bertz CT molecular complexity index is 1500. The highest BCUT2D eigenvalue weighted by molar-refractivity contribution is 6.32. The number of aromatic nitrogens is 2. The smallest absolute Gasteiger partial charge is 0.120 e. The molecular weight excluding hydrogens is 456 g/mol. The summed E-state index contributed by atoms with van der Waals surface area (Å²) in [6.45, 7) is 7.47. The molecule has 0 amide bonds. The van der Waals surface area contributed by atoms with Crippen LogP contribution in [0.3, 0.4) is 0 Å². The van der Waals surface area contributed by atoms with Crippen LogP contribution in [-0.4, -0.2) is 23.3 Å². The van der Waals surface area contributed by atoms with Crippen molar-refractivity contribution in [2.75, 3.05) is 13.7 Å². The molecule has 0 aliphatic heterocycles. The van der Waals surface area contributed by atoms with Crippen LogP contribution in [0, 0.1) is 13.8 Å². The first-order valence-electron chi connectivity index (χ1n) is 11.9. The van der Waals surface area contributed by atoms with Crippen LogP contribution in [0.1, 0.15) is 35.4 Å². The number of halogens is 1. The van der Waals surface area contributed by atoms with E-state index in [2.05, 4.69) is 60.0 Å². The standard InChI is InChI=1S/C30H29ClN2O2/c1-19-15-26(16-20(2)29(19)31)35-14-13-33-28-8-6-5-7-27(28)32-30(33)21(3)22-9-10-24-18-25(34-4)12-11-23(24)17-22/h5-12,15-18,21H,13-14H2,1-4H3. The van der Waals surface area contributed by atoms with Gasteiger partial charge in [0.2, 0.25) is 0 Å². The molecule has 0 spiro atoms. The number of para-hydroxylation sites is 2. The predicted octanol–water partition coefficient (Wildman–Crippen LogP) is 7.70. The zero-order chi connectivity index (χ0) is 24.5. The normalized spacial score (nSPS) is 12.3. The first kappa shape index (κ1) is 23.3. The van der Waals surface area contributed by atoms with Crippen LogP contribution in [0.5, 0.6) is 11.5 Å². The molecule has 35 heavy (non-hydrogen) atoms. The molecule has 178 valence electrons. The van der Waals surface area contributed by atoms with E-state index in [0.29, 0.717) is 13.2 Å². The molecular formula is C30H29ClN2O2. The van der Waals surface area contributed by atoms with E-state index in [1.165, 1.54) is 10.9 Å². The maximum absolute atomic E-state index is 6.32. The Labute approximate surface area is 211 Å². The molecule has 0 saturated heterocycles. The van der Waals surface area contributed by atoms with Gasteiger partial charge in [0.25, 0.3) is 0 Å². The number of nitrogens with zero attached hydrogens (tertiary/aromatic N) is 2. The maximum atomic E-state index is 6.32. The van der Waals surface area contributed by atoms with Crippen molar-refractivity contribution < 1.29 is 9.47 Å². The van der Waals surface area contributed by atoms with Crippen molar-refractivity contribution in [2.45, 2.75) is 33.2 Å². The molecule has 5 heteroatoms. The van der Waals surface area contributed by atoms with Crippen molar-refractivity contribution in [2.24, 2.45) is 0 Å². The lowest BCUT2D eigenvalue weighted by Crippen LogP contribution is -2.13. The molecule has 1 unspecified atom stereocenters. The van der Waals surface area contributed by atoms with Crippen molar-refractivity contribution in [3.63, 3.8) is 0 Å². The van der Waals surface area contributed by atoms with Gasteiger partial charge in [-0.25, -0.2) is 4.98 Å². The summed E-state index contributed by atoms with van der Waals surface area (Å²) in [4.78, 5) is 5.03. The largest absolute Gasteiger partial charge is 0.497 e. The Kier molecular flexibility index (Phi) is 6.40. The predicted molar refractivity (Wildman–Crippen MR) is 144 cm³/mol. The van der Waals surface area contributed by atoms with E-state index in [-0.39, 0.29) is 5.92 Å². The van der Waals surface area contributed by atoms with E-state index in [9.17, 15) is 0 Å². The molecule has 5 aromatic rings. The molecule has 1 heterocycles. The van der Waals surface area contributed by atoms with Gasteiger partial charge < -0.3 is 14.0 Å². The van der Waals surface area contributed by atoms with Gasteiger partial charge in [0.15, 0.2) is 0 Å². The number of rotatable bonds is 7. The van der Waals surface area contributed by atoms with Crippen LogP contribution in [0.15, 0.2) is 72.8 Å². The summed E-state index contributed by atoms with van der Waals surface area (Å²) in [7, 11) is 1.70. The monoisotopic (exact) mass is 484 g/mol. The number of hydrogen-bond donors (Lipinski definition) is 0. The van der Waals surface area contributed by atoms with Crippen molar-refractivity contribution in [1.82, 2.24) is 9.55 Å². The molecule has 0 bridgehead atoms. The van der Waals surface area contributed by atoms with Gasteiger partial charge in [0.1, 0.15) is 23.9 Å². The van der Waals surface area contributed by atoms with Gasteiger partial charge in [-0.05, 0) is 77.7 Å². The van der Waals surface area contributed by atoms with Crippen LogP contribution >= 0.6 is 11.6 Å². The van der Waals surface area contributed by atoms with E-state index in [4.69, 9.17) is 26.1 Å².